The van der Waals surface area contributed by atoms with Gasteiger partial charge >= 0.3 is 0 Å². The molecule has 0 saturated heterocycles. The Labute approximate surface area is 102 Å². The third-order valence-electron chi connectivity index (χ3n) is 2.26. The van der Waals surface area contributed by atoms with Gasteiger partial charge in [0.25, 0.3) is 6.43 Å². The van der Waals surface area contributed by atoms with E-state index in [2.05, 4.69) is 0 Å². The van der Waals surface area contributed by atoms with Crippen molar-refractivity contribution >= 4 is 6.29 Å². The number of carbonyl (C=O) groups is 1. The van der Waals surface area contributed by atoms with E-state index in [0.29, 0.717) is 17.8 Å². The summed E-state index contributed by atoms with van der Waals surface area (Å²) in [5.74, 6) is 1.14. The Morgan fingerprint density at radius 2 is 1.89 bits per heavy atom. The number of ether oxygens (including phenoxy) is 1. The van der Waals surface area contributed by atoms with Crippen LogP contribution >= 0.6 is 0 Å². The van der Waals surface area contributed by atoms with E-state index < -0.39 is 13.0 Å². The van der Waals surface area contributed by atoms with E-state index in [4.69, 9.17) is 9.15 Å². The molecule has 0 radical (unpaired) electrons. The van der Waals surface area contributed by atoms with Gasteiger partial charge in [-0.2, -0.15) is 0 Å². The average Bonchev–Trinajstić information content (AvgIpc) is 2.85. The first-order chi connectivity index (χ1) is 8.69. The molecule has 0 bridgehead atoms. The Hall–Kier alpha value is -2.17. The summed E-state index contributed by atoms with van der Waals surface area (Å²) in [5.41, 5.74) is 0.743. The number of hydrogen-bond donors (Lipinski definition) is 0. The lowest BCUT2D eigenvalue weighted by Gasteiger charge is -2.05. The number of carbonyl (C=O) groups excluding carboxylic acids is 1. The van der Waals surface area contributed by atoms with Crippen LogP contribution in [0.1, 0.15) is 10.6 Å². The van der Waals surface area contributed by atoms with Crippen molar-refractivity contribution in [3.8, 4) is 17.1 Å². The predicted octanol–water partition coefficient (Wildman–Crippen LogP) is 3.40. The molecule has 1 aromatic heterocycles. The summed E-state index contributed by atoms with van der Waals surface area (Å²) in [6, 6.07) is 9.71. The molecule has 0 amide bonds. The number of rotatable bonds is 5. The van der Waals surface area contributed by atoms with Crippen LogP contribution in [0.25, 0.3) is 11.3 Å². The molecule has 0 saturated carbocycles. The van der Waals surface area contributed by atoms with Crippen LogP contribution in [-0.4, -0.2) is 19.3 Å². The highest BCUT2D eigenvalue weighted by molar-refractivity contribution is 5.72. The van der Waals surface area contributed by atoms with Gasteiger partial charge in [0.1, 0.15) is 18.1 Å². The molecule has 0 aliphatic carbocycles. The predicted molar refractivity (Wildman–Crippen MR) is 61.0 cm³/mol. The normalized spacial score (nSPS) is 10.6. The Bertz CT molecular complexity index is 517. The van der Waals surface area contributed by atoms with Crippen LogP contribution in [0.15, 0.2) is 40.8 Å². The van der Waals surface area contributed by atoms with Crippen LogP contribution in [0.4, 0.5) is 8.78 Å². The molecule has 0 spiro atoms. The highest BCUT2D eigenvalue weighted by atomic mass is 19.3. The molecular weight excluding hydrogens is 242 g/mol. The summed E-state index contributed by atoms with van der Waals surface area (Å²) in [6.45, 7) is -0.630. The van der Waals surface area contributed by atoms with Crippen LogP contribution in [0, 0.1) is 0 Å². The molecule has 0 unspecified atom stereocenters. The lowest BCUT2D eigenvalue weighted by Crippen LogP contribution is -2.06. The van der Waals surface area contributed by atoms with Crippen LogP contribution in [0.3, 0.4) is 0 Å². The Kier molecular flexibility index (Phi) is 3.72. The van der Waals surface area contributed by atoms with Gasteiger partial charge in [-0.3, -0.25) is 4.79 Å². The van der Waals surface area contributed by atoms with Crippen LogP contribution in [-0.2, 0) is 0 Å². The van der Waals surface area contributed by atoms with Crippen LogP contribution < -0.4 is 4.74 Å². The zero-order chi connectivity index (χ0) is 13.0. The molecule has 0 aliphatic rings. The molecule has 1 aromatic carbocycles. The van der Waals surface area contributed by atoms with E-state index in [-0.39, 0.29) is 5.76 Å². The zero-order valence-electron chi connectivity index (χ0n) is 9.31. The highest BCUT2D eigenvalue weighted by Crippen LogP contribution is 2.24. The standard InChI is InChI=1S/C13H10F2O3/c14-13(15)8-17-10-3-1-9(2-4-10)12-6-5-11(7-16)18-12/h1-7,13H,8H2. The summed E-state index contributed by atoms with van der Waals surface area (Å²) >= 11 is 0. The van der Waals surface area contributed by atoms with E-state index in [1.807, 2.05) is 0 Å². The number of halogens is 2. The second-order valence-corrected chi connectivity index (χ2v) is 3.55. The van der Waals surface area contributed by atoms with Gasteiger partial charge in [0.2, 0.25) is 0 Å². The SMILES string of the molecule is O=Cc1ccc(-c2ccc(OCC(F)F)cc2)o1. The zero-order valence-corrected chi connectivity index (χ0v) is 9.31. The number of aldehydes is 1. The van der Waals surface area contributed by atoms with Gasteiger partial charge in [-0.05, 0) is 36.4 Å². The van der Waals surface area contributed by atoms with Gasteiger partial charge in [-0.1, -0.05) is 0 Å². The topological polar surface area (TPSA) is 39.4 Å². The first kappa shape index (κ1) is 12.3. The fourth-order valence-corrected chi connectivity index (χ4v) is 1.45. The van der Waals surface area contributed by atoms with Crippen molar-refractivity contribution in [3.63, 3.8) is 0 Å². The summed E-state index contributed by atoms with van der Waals surface area (Å²) in [6.07, 6.45) is -1.88. The molecule has 0 fully saturated rings. The van der Waals surface area contributed by atoms with Crippen molar-refractivity contribution in [1.82, 2.24) is 0 Å². The van der Waals surface area contributed by atoms with Gasteiger partial charge in [0.05, 0.1) is 0 Å². The minimum atomic E-state index is -2.50. The van der Waals surface area contributed by atoms with E-state index >= 15 is 0 Å². The van der Waals surface area contributed by atoms with Crippen molar-refractivity contribution in [1.29, 1.82) is 0 Å². The minimum Gasteiger partial charge on any atom is -0.488 e. The van der Waals surface area contributed by atoms with Gasteiger partial charge in [-0.15, -0.1) is 0 Å². The maximum absolute atomic E-state index is 11.9. The maximum Gasteiger partial charge on any atom is 0.272 e. The smallest absolute Gasteiger partial charge is 0.272 e. The second-order valence-electron chi connectivity index (χ2n) is 3.55. The molecule has 1 heterocycles. The first-order valence-corrected chi connectivity index (χ1v) is 5.25. The van der Waals surface area contributed by atoms with Crippen LogP contribution in [0.5, 0.6) is 5.75 Å². The Balaban J connectivity index is 2.09. The van der Waals surface area contributed by atoms with Gasteiger partial charge in [0, 0.05) is 5.56 Å². The van der Waals surface area contributed by atoms with Gasteiger partial charge in [-0.25, -0.2) is 8.78 Å². The molecule has 18 heavy (non-hydrogen) atoms. The molecule has 94 valence electrons. The van der Waals surface area contributed by atoms with Crippen molar-refractivity contribution in [3.05, 3.63) is 42.2 Å². The molecule has 0 aliphatic heterocycles. The van der Waals surface area contributed by atoms with Crippen molar-refractivity contribution in [2.75, 3.05) is 6.61 Å². The third-order valence-corrected chi connectivity index (χ3v) is 2.26. The third kappa shape index (κ3) is 2.94. The van der Waals surface area contributed by atoms with Crippen LogP contribution in [0.2, 0.25) is 0 Å². The van der Waals surface area contributed by atoms with E-state index in [1.54, 1.807) is 36.4 Å². The van der Waals surface area contributed by atoms with Crippen molar-refractivity contribution in [2.45, 2.75) is 6.43 Å². The Morgan fingerprint density at radius 1 is 1.17 bits per heavy atom. The molecule has 5 heteroatoms. The second kappa shape index (κ2) is 5.44. The minimum absolute atomic E-state index is 0.239. The lowest BCUT2D eigenvalue weighted by atomic mass is 10.2. The van der Waals surface area contributed by atoms with E-state index in [1.165, 1.54) is 0 Å². The fourth-order valence-electron chi connectivity index (χ4n) is 1.45. The molecule has 2 aromatic rings. The van der Waals surface area contributed by atoms with Crippen molar-refractivity contribution in [2.24, 2.45) is 0 Å². The summed E-state index contributed by atoms with van der Waals surface area (Å²) in [5, 5.41) is 0. The molecule has 0 atom stereocenters. The largest absolute Gasteiger partial charge is 0.488 e. The number of hydrogen-bond acceptors (Lipinski definition) is 3. The fraction of sp³-hybridized carbons (Fsp3) is 0.154. The van der Waals surface area contributed by atoms with Gasteiger partial charge in [0.15, 0.2) is 12.0 Å². The average molecular weight is 252 g/mol. The number of furan rings is 1. The van der Waals surface area contributed by atoms with Gasteiger partial charge < -0.3 is 9.15 Å². The number of alkyl halides is 2. The van der Waals surface area contributed by atoms with Crippen molar-refractivity contribution < 1.29 is 22.7 Å². The maximum atomic E-state index is 11.9. The number of benzene rings is 1. The summed E-state index contributed by atoms with van der Waals surface area (Å²) in [4.78, 5) is 10.5. The quantitative estimate of drug-likeness (QED) is 0.765. The highest BCUT2D eigenvalue weighted by Gasteiger charge is 2.06. The Morgan fingerprint density at radius 3 is 2.44 bits per heavy atom. The lowest BCUT2D eigenvalue weighted by molar-refractivity contribution is 0.0819. The first-order valence-electron chi connectivity index (χ1n) is 5.25. The molecule has 3 nitrogen and oxygen atoms in total. The van der Waals surface area contributed by atoms with E-state index in [0.717, 1.165) is 5.56 Å². The molecule has 2 rings (SSSR count). The summed E-state index contributed by atoms with van der Waals surface area (Å²) < 4.78 is 33.9. The summed E-state index contributed by atoms with van der Waals surface area (Å²) in [7, 11) is 0. The van der Waals surface area contributed by atoms with E-state index in [9.17, 15) is 13.6 Å². The molecular formula is C13H10F2O3. The molecule has 0 N–H and O–H groups in total. The monoisotopic (exact) mass is 252 g/mol.